The number of carbonyl (C=O) groups excluding carboxylic acids is 1. The number of anilines is 1. The number of nitrogens with zero attached hydrogens (tertiary/aromatic N) is 5. The molecular weight excluding hydrogens is 459 g/mol. The summed E-state index contributed by atoms with van der Waals surface area (Å²) in [4.78, 5) is 24.5. The van der Waals surface area contributed by atoms with Gasteiger partial charge in [0.1, 0.15) is 13.7 Å². The molecule has 0 bridgehead atoms. The van der Waals surface area contributed by atoms with Gasteiger partial charge in [-0.3, -0.25) is 9.78 Å². The molecule has 4 heterocycles. The fraction of sp³-hybridized carbons (Fsp3) is 0.241. The SMILES string of the molecule is [B]c1cnn2c(NCc3cccnc3)cc(C3CCCN(C(=O)Cc4cccc5ccccc45)C3)nc12. The standard InChI is InChI=1S/C29H27BN6O/c30-25-18-33-36-27(32-17-20-6-4-12-31-16-20)15-26(34-29(25)36)23-10-5-13-35(19-23)28(37)14-22-9-3-8-21-7-1-2-11-24(21)22/h1-4,6-9,11-12,15-16,18,23,32H,5,10,13-14,17,19H2. The lowest BCUT2D eigenvalue weighted by Crippen LogP contribution is -2.40. The highest BCUT2D eigenvalue weighted by Gasteiger charge is 2.27. The molecule has 8 heteroatoms. The minimum atomic E-state index is 0.128. The lowest BCUT2D eigenvalue weighted by molar-refractivity contribution is -0.131. The van der Waals surface area contributed by atoms with Crippen molar-refractivity contribution in [1.82, 2.24) is 24.5 Å². The molecule has 3 aromatic heterocycles. The van der Waals surface area contributed by atoms with Crippen molar-refractivity contribution in [2.24, 2.45) is 0 Å². The van der Waals surface area contributed by atoms with Crippen molar-refractivity contribution in [3.8, 4) is 0 Å². The third-order valence-corrected chi connectivity index (χ3v) is 7.13. The van der Waals surface area contributed by atoms with Gasteiger partial charge >= 0.3 is 0 Å². The summed E-state index contributed by atoms with van der Waals surface area (Å²) in [6.45, 7) is 2.01. The quantitative estimate of drug-likeness (QED) is 0.371. The maximum Gasteiger partial charge on any atom is 0.227 e. The van der Waals surface area contributed by atoms with Crippen molar-refractivity contribution in [2.75, 3.05) is 18.4 Å². The topological polar surface area (TPSA) is 75.4 Å². The van der Waals surface area contributed by atoms with E-state index in [4.69, 9.17) is 12.8 Å². The maximum absolute atomic E-state index is 13.4. The van der Waals surface area contributed by atoms with E-state index in [-0.39, 0.29) is 11.8 Å². The van der Waals surface area contributed by atoms with Gasteiger partial charge in [0.25, 0.3) is 0 Å². The first-order valence-electron chi connectivity index (χ1n) is 12.7. The van der Waals surface area contributed by atoms with Crippen molar-refractivity contribution >= 4 is 41.5 Å². The molecule has 1 fully saturated rings. The molecule has 1 amide bonds. The van der Waals surface area contributed by atoms with Gasteiger partial charge < -0.3 is 10.2 Å². The number of hydrogen-bond donors (Lipinski definition) is 1. The number of pyridine rings is 1. The number of rotatable bonds is 6. The normalized spacial score (nSPS) is 15.8. The Kier molecular flexibility index (Phi) is 6.31. The maximum atomic E-state index is 13.4. The van der Waals surface area contributed by atoms with E-state index in [9.17, 15) is 4.79 Å². The smallest absolute Gasteiger partial charge is 0.227 e. The molecule has 37 heavy (non-hydrogen) atoms. The largest absolute Gasteiger partial charge is 0.366 e. The molecule has 5 aromatic rings. The van der Waals surface area contributed by atoms with Gasteiger partial charge in [-0.25, -0.2) is 4.98 Å². The van der Waals surface area contributed by atoms with E-state index in [2.05, 4.69) is 39.7 Å². The summed E-state index contributed by atoms with van der Waals surface area (Å²) in [6.07, 6.45) is 7.53. The number of piperidine rings is 1. The van der Waals surface area contributed by atoms with Gasteiger partial charge in [-0.1, -0.05) is 48.5 Å². The van der Waals surface area contributed by atoms with E-state index < -0.39 is 0 Å². The van der Waals surface area contributed by atoms with Gasteiger partial charge in [0.15, 0.2) is 5.65 Å². The van der Waals surface area contributed by atoms with Gasteiger partial charge in [-0.2, -0.15) is 9.61 Å². The second kappa shape index (κ2) is 10.0. The molecule has 7 nitrogen and oxygen atoms in total. The molecule has 0 saturated carbocycles. The zero-order valence-corrected chi connectivity index (χ0v) is 20.5. The van der Waals surface area contributed by atoms with Crippen molar-refractivity contribution in [2.45, 2.75) is 31.7 Å². The van der Waals surface area contributed by atoms with Crippen molar-refractivity contribution in [3.63, 3.8) is 0 Å². The van der Waals surface area contributed by atoms with Crippen LogP contribution >= 0.6 is 0 Å². The van der Waals surface area contributed by atoms with Crippen LogP contribution < -0.4 is 10.8 Å². The highest BCUT2D eigenvalue weighted by Crippen LogP contribution is 2.29. The second-order valence-corrected chi connectivity index (χ2v) is 9.61. The van der Waals surface area contributed by atoms with Crippen LogP contribution in [0.5, 0.6) is 0 Å². The Balaban J connectivity index is 1.23. The molecule has 1 atom stereocenters. The summed E-state index contributed by atoms with van der Waals surface area (Å²) in [5.41, 5.74) is 4.23. The minimum absolute atomic E-state index is 0.128. The molecule has 6 rings (SSSR count). The van der Waals surface area contributed by atoms with Gasteiger partial charge in [0.2, 0.25) is 5.91 Å². The predicted octanol–water partition coefficient (Wildman–Crippen LogP) is 3.63. The van der Waals surface area contributed by atoms with Crippen LogP contribution in [0.15, 0.2) is 79.3 Å². The lowest BCUT2D eigenvalue weighted by atomic mass is 9.93. The average molecular weight is 486 g/mol. The van der Waals surface area contributed by atoms with Crippen LogP contribution in [0.4, 0.5) is 5.82 Å². The highest BCUT2D eigenvalue weighted by atomic mass is 16.2. The van der Waals surface area contributed by atoms with Gasteiger partial charge in [-0.15, -0.1) is 0 Å². The van der Waals surface area contributed by atoms with Crippen LogP contribution in [-0.4, -0.2) is 51.3 Å². The molecule has 2 radical (unpaired) electrons. The van der Waals surface area contributed by atoms with E-state index in [1.54, 1.807) is 16.9 Å². The molecule has 0 spiro atoms. The first-order valence-corrected chi connectivity index (χ1v) is 12.7. The molecule has 1 unspecified atom stereocenters. The molecule has 1 aliphatic rings. The summed E-state index contributed by atoms with van der Waals surface area (Å²) >= 11 is 0. The molecule has 0 aliphatic carbocycles. The summed E-state index contributed by atoms with van der Waals surface area (Å²) in [7, 11) is 6.21. The summed E-state index contributed by atoms with van der Waals surface area (Å²) in [6, 6.07) is 20.4. The lowest BCUT2D eigenvalue weighted by Gasteiger charge is -2.33. The van der Waals surface area contributed by atoms with Crippen molar-refractivity contribution in [1.29, 1.82) is 0 Å². The van der Waals surface area contributed by atoms with Gasteiger partial charge in [0, 0.05) is 50.2 Å². The van der Waals surface area contributed by atoms with Crippen molar-refractivity contribution in [3.05, 3.63) is 96.1 Å². The van der Waals surface area contributed by atoms with Crippen LogP contribution in [0.25, 0.3) is 16.4 Å². The predicted molar refractivity (Wildman–Crippen MR) is 146 cm³/mol. The Labute approximate surface area is 217 Å². The first kappa shape index (κ1) is 23.2. The van der Waals surface area contributed by atoms with E-state index in [1.165, 1.54) is 0 Å². The first-order chi connectivity index (χ1) is 18.2. The van der Waals surface area contributed by atoms with E-state index in [1.807, 2.05) is 47.5 Å². The van der Waals surface area contributed by atoms with Crippen LogP contribution in [-0.2, 0) is 17.8 Å². The average Bonchev–Trinajstić information content (AvgIpc) is 3.33. The van der Waals surface area contributed by atoms with Crippen LogP contribution in [0.3, 0.4) is 0 Å². The summed E-state index contributed by atoms with van der Waals surface area (Å²) in [5, 5.41) is 10.2. The van der Waals surface area contributed by atoms with Crippen molar-refractivity contribution < 1.29 is 4.79 Å². The third-order valence-electron chi connectivity index (χ3n) is 7.13. The molecule has 2 aromatic carbocycles. The van der Waals surface area contributed by atoms with Crippen LogP contribution in [0.2, 0.25) is 0 Å². The number of nitrogens with one attached hydrogen (secondary N) is 1. The number of amides is 1. The fourth-order valence-corrected chi connectivity index (χ4v) is 5.20. The van der Waals surface area contributed by atoms with E-state index in [0.717, 1.165) is 52.8 Å². The molecule has 182 valence electrons. The highest BCUT2D eigenvalue weighted by molar-refractivity contribution is 6.36. The third kappa shape index (κ3) is 4.79. The second-order valence-electron chi connectivity index (χ2n) is 9.61. The van der Waals surface area contributed by atoms with Crippen LogP contribution in [0.1, 0.15) is 35.6 Å². The zero-order chi connectivity index (χ0) is 25.2. The van der Waals surface area contributed by atoms with E-state index in [0.29, 0.717) is 30.6 Å². The number of aromatic nitrogens is 4. The monoisotopic (exact) mass is 486 g/mol. The number of fused-ring (bicyclic) bond motifs is 2. The Hall–Kier alpha value is -4.20. The Morgan fingerprint density at radius 2 is 1.97 bits per heavy atom. The number of benzene rings is 2. The molecule has 1 saturated heterocycles. The number of hydrogen-bond acceptors (Lipinski definition) is 5. The Morgan fingerprint density at radius 3 is 2.86 bits per heavy atom. The minimum Gasteiger partial charge on any atom is -0.366 e. The summed E-state index contributed by atoms with van der Waals surface area (Å²) in [5.74, 6) is 1.10. The number of carbonyl (C=O) groups is 1. The Morgan fingerprint density at radius 1 is 1.08 bits per heavy atom. The molecular formula is C29H27BN6O. The van der Waals surface area contributed by atoms with Gasteiger partial charge in [0.05, 0.1) is 12.1 Å². The summed E-state index contributed by atoms with van der Waals surface area (Å²) < 4.78 is 1.74. The molecule has 1 aliphatic heterocycles. The zero-order valence-electron chi connectivity index (χ0n) is 20.5. The fourth-order valence-electron chi connectivity index (χ4n) is 5.20. The number of likely N-dealkylation sites (tertiary alicyclic amines) is 1. The van der Waals surface area contributed by atoms with Crippen LogP contribution in [0, 0.1) is 0 Å². The van der Waals surface area contributed by atoms with Gasteiger partial charge in [-0.05, 0) is 46.3 Å². The van der Waals surface area contributed by atoms with E-state index >= 15 is 0 Å². The Bertz CT molecular complexity index is 1560. The molecule has 1 N–H and O–H groups in total.